The summed E-state index contributed by atoms with van der Waals surface area (Å²) in [4.78, 5) is 26.5. The molecule has 1 aliphatic carbocycles. The maximum absolute atomic E-state index is 12.3. The Morgan fingerprint density at radius 3 is 2.48 bits per heavy atom. The standard InChI is InChI=1S/C22H28N4O/c1-4-19-16(3)23-20(18-7-5-6-15(2)14-18)24-21(19)25-10-12-26(13-11-25)22(27)17-8-9-17/h5-7,14,17H,4,8-13H2,1-3H3. The van der Waals surface area contributed by atoms with Crippen LogP contribution in [0.25, 0.3) is 11.4 Å². The van der Waals surface area contributed by atoms with E-state index in [2.05, 4.69) is 49.9 Å². The molecule has 2 fully saturated rings. The van der Waals surface area contributed by atoms with Gasteiger partial charge in [0.25, 0.3) is 0 Å². The second-order valence-corrected chi connectivity index (χ2v) is 7.74. The van der Waals surface area contributed by atoms with Crippen LogP contribution in [0.1, 0.15) is 36.6 Å². The van der Waals surface area contributed by atoms with Crippen molar-refractivity contribution in [1.82, 2.24) is 14.9 Å². The van der Waals surface area contributed by atoms with Gasteiger partial charge in [-0.3, -0.25) is 4.79 Å². The molecule has 0 bridgehead atoms. The van der Waals surface area contributed by atoms with Gasteiger partial charge in [-0.25, -0.2) is 9.97 Å². The van der Waals surface area contributed by atoms with Crippen molar-refractivity contribution < 1.29 is 4.79 Å². The van der Waals surface area contributed by atoms with E-state index >= 15 is 0 Å². The molecule has 1 saturated heterocycles. The van der Waals surface area contributed by atoms with Crippen LogP contribution >= 0.6 is 0 Å². The minimum atomic E-state index is 0.303. The number of rotatable bonds is 4. The van der Waals surface area contributed by atoms with Crippen molar-refractivity contribution >= 4 is 11.7 Å². The highest BCUT2D eigenvalue weighted by Gasteiger charge is 2.35. The molecule has 5 nitrogen and oxygen atoms in total. The lowest BCUT2D eigenvalue weighted by molar-refractivity contribution is -0.132. The minimum absolute atomic E-state index is 0.303. The Bertz CT molecular complexity index is 851. The SMILES string of the molecule is CCc1c(C)nc(-c2cccc(C)c2)nc1N1CCN(C(=O)C2CC2)CC1. The second kappa shape index (κ2) is 7.29. The Hall–Kier alpha value is -2.43. The van der Waals surface area contributed by atoms with Crippen LogP contribution in [0.5, 0.6) is 0 Å². The van der Waals surface area contributed by atoms with Crippen molar-refractivity contribution in [2.75, 3.05) is 31.1 Å². The Morgan fingerprint density at radius 2 is 1.85 bits per heavy atom. The monoisotopic (exact) mass is 364 g/mol. The van der Waals surface area contributed by atoms with Crippen molar-refractivity contribution in [1.29, 1.82) is 0 Å². The molecule has 0 N–H and O–H groups in total. The molecule has 5 heteroatoms. The second-order valence-electron chi connectivity index (χ2n) is 7.74. The van der Waals surface area contributed by atoms with E-state index in [4.69, 9.17) is 9.97 Å². The lowest BCUT2D eigenvalue weighted by atomic mass is 10.1. The van der Waals surface area contributed by atoms with Crippen LogP contribution in [-0.2, 0) is 11.2 Å². The molecule has 1 amide bonds. The normalized spacial score (nSPS) is 17.3. The fourth-order valence-electron chi connectivity index (χ4n) is 3.90. The number of benzene rings is 1. The van der Waals surface area contributed by atoms with Gasteiger partial charge in [0.1, 0.15) is 5.82 Å². The van der Waals surface area contributed by atoms with Crippen molar-refractivity contribution in [3.8, 4) is 11.4 Å². The maximum Gasteiger partial charge on any atom is 0.225 e. The molecule has 1 saturated carbocycles. The Balaban J connectivity index is 1.60. The first kappa shape index (κ1) is 18.0. The first-order valence-electron chi connectivity index (χ1n) is 10.0. The summed E-state index contributed by atoms with van der Waals surface area (Å²) in [6.45, 7) is 9.60. The maximum atomic E-state index is 12.3. The predicted octanol–water partition coefficient (Wildman–Crippen LogP) is 3.38. The van der Waals surface area contributed by atoms with E-state index in [1.54, 1.807) is 0 Å². The van der Waals surface area contributed by atoms with Crippen LogP contribution in [0.2, 0.25) is 0 Å². The van der Waals surface area contributed by atoms with E-state index in [1.165, 1.54) is 11.1 Å². The summed E-state index contributed by atoms with van der Waals surface area (Å²) in [6.07, 6.45) is 3.06. The molecule has 1 aromatic heterocycles. The third-order valence-electron chi connectivity index (χ3n) is 5.64. The number of hydrogen-bond acceptors (Lipinski definition) is 4. The van der Waals surface area contributed by atoms with Crippen LogP contribution in [0.15, 0.2) is 24.3 Å². The van der Waals surface area contributed by atoms with Gasteiger partial charge in [-0.05, 0) is 39.2 Å². The topological polar surface area (TPSA) is 49.3 Å². The van der Waals surface area contributed by atoms with Gasteiger partial charge in [-0.2, -0.15) is 0 Å². The molecule has 0 unspecified atom stereocenters. The molecule has 27 heavy (non-hydrogen) atoms. The lowest BCUT2D eigenvalue weighted by Gasteiger charge is -2.36. The summed E-state index contributed by atoms with van der Waals surface area (Å²) in [5.74, 6) is 2.49. The molecule has 2 heterocycles. The van der Waals surface area contributed by atoms with Crippen molar-refractivity contribution in [2.24, 2.45) is 5.92 Å². The number of anilines is 1. The zero-order valence-corrected chi connectivity index (χ0v) is 16.5. The van der Waals surface area contributed by atoms with E-state index in [9.17, 15) is 4.79 Å². The first-order valence-corrected chi connectivity index (χ1v) is 10.0. The van der Waals surface area contributed by atoms with Crippen LogP contribution in [-0.4, -0.2) is 47.0 Å². The van der Waals surface area contributed by atoms with Gasteiger partial charge < -0.3 is 9.80 Å². The van der Waals surface area contributed by atoms with Gasteiger partial charge in [0.2, 0.25) is 5.91 Å². The number of aromatic nitrogens is 2. The summed E-state index contributed by atoms with van der Waals surface area (Å²) in [5.41, 5.74) is 4.54. The van der Waals surface area contributed by atoms with Crippen molar-refractivity contribution in [3.05, 3.63) is 41.1 Å². The van der Waals surface area contributed by atoms with Crippen LogP contribution < -0.4 is 4.90 Å². The molecule has 142 valence electrons. The number of carbonyl (C=O) groups is 1. The van der Waals surface area contributed by atoms with Gasteiger partial charge in [-0.15, -0.1) is 0 Å². The molecular formula is C22H28N4O. The molecule has 0 radical (unpaired) electrons. The fourth-order valence-corrected chi connectivity index (χ4v) is 3.90. The van der Waals surface area contributed by atoms with E-state index in [0.717, 1.165) is 68.3 Å². The number of piperazine rings is 1. The van der Waals surface area contributed by atoms with Gasteiger partial charge in [0, 0.05) is 48.9 Å². The third kappa shape index (κ3) is 3.68. The molecule has 0 atom stereocenters. The van der Waals surface area contributed by atoms with Crippen molar-refractivity contribution in [3.63, 3.8) is 0 Å². The van der Waals surface area contributed by atoms with Crippen LogP contribution in [0.4, 0.5) is 5.82 Å². The van der Waals surface area contributed by atoms with Gasteiger partial charge in [0.15, 0.2) is 5.82 Å². The highest BCUT2D eigenvalue weighted by Crippen LogP contribution is 2.32. The third-order valence-corrected chi connectivity index (χ3v) is 5.64. The predicted molar refractivity (Wildman–Crippen MR) is 108 cm³/mol. The first-order chi connectivity index (χ1) is 13.1. The number of hydrogen-bond donors (Lipinski definition) is 0. The highest BCUT2D eigenvalue weighted by atomic mass is 16.2. The molecular weight excluding hydrogens is 336 g/mol. The zero-order chi connectivity index (χ0) is 19.0. The quantitative estimate of drug-likeness (QED) is 0.834. The average Bonchev–Trinajstić information content (AvgIpc) is 3.52. The average molecular weight is 364 g/mol. The summed E-state index contributed by atoms with van der Waals surface area (Å²) >= 11 is 0. The Morgan fingerprint density at radius 1 is 1.11 bits per heavy atom. The summed E-state index contributed by atoms with van der Waals surface area (Å²) in [5, 5.41) is 0. The Labute approximate surface area is 161 Å². The highest BCUT2D eigenvalue weighted by molar-refractivity contribution is 5.81. The van der Waals surface area contributed by atoms with E-state index in [1.807, 2.05) is 4.90 Å². The number of nitrogens with zero attached hydrogens (tertiary/aromatic N) is 4. The molecule has 2 aliphatic rings. The van der Waals surface area contributed by atoms with E-state index < -0.39 is 0 Å². The van der Waals surface area contributed by atoms with Gasteiger partial charge >= 0.3 is 0 Å². The Kier molecular flexibility index (Phi) is 4.85. The fraction of sp³-hybridized carbons (Fsp3) is 0.500. The smallest absolute Gasteiger partial charge is 0.225 e. The molecule has 1 aromatic carbocycles. The van der Waals surface area contributed by atoms with E-state index in [-0.39, 0.29) is 0 Å². The molecule has 2 aromatic rings. The number of carbonyl (C=O) groups excluding carboxylic acids is 1. The van der Waals surface area contributed by atoms with Crippen LogP contribution in [0, 0.1) is 19.8 Å². The largest absolute Gasteiger partial charge is 0.353 e. The molecule has 4 rings (SSSR count). The summed E-state index contributed by atoms with van der Waals surface area (Å²) in [6, 6.07) is 8.35. The lowest BCUT2D eigenvalue weighted by Crippen LogP contribution is -2.49. The van der Waals surface area contributed by atoms with Crippen molar-refractivity contribution in [2.45, 2.75) is 40.0 Å². The number of amides is 1. The molecule has 0 spiro atoms. The van der Waals surface area contributed by atoms with Gasteiger partial charge in [0.05, 0.1) is 0 Å². The number of aryl methyl sites for hydroxylation is 2. The zero-order valence-electron chi connectivity index (χ0n) is 16.5. The summed E-state index contributed by atoms with van der Waals surface area (Å²) in [7, 11) is 0. The molecule has 1 aliphatic heterocycles. The van der Waals surface area contributed by atoms with E-state index in [0.29, 0.717) is 11.8 Å². The van der Waals surface area contributed by atoms with Gasteiger partial charge in [-0.1, -0.05) is 30.7 Å². The van der Waals surface area contributed by atoms with Crippen LogP contribution in [0.3, 0.4) is 0 Å². The summed E-state index contributed by atoms with van der Waals surface area (Å²) < 4.78 is 0. The minimum Gasteiger partial charge on any atom is -0.353 e.